The number of nitro benzene ring substituents is 1. The first kappa shape index (κ1) is 16.2. The number of fused-ring (bicyclic) bond motifs is 1. The minimum absolute atomic E-state index is 0. The number of hydrogen-bond acceptors (Lipinski definition) is 4. The topological polar surface area (TPSA) is 58.4 Å². The molecular weight excluding hydrogens is 290 g/mol. The summed E-state index contributed by atoms with van der Waals surface area (Å²) in [4.78, 5) is 13.0. The van der Waals surface area contributed by atoms with E-state index in [2.05, 4.69) is 17.1 Å². The second-order valence-corrected chi connectivity index (χ2v) is 5.92. The maximum Gasteiger partial charge on any atom is 0.269 e. The van der Waals surface area contributed by atoms with E-state index >= 15 is 0 Å². The van der Waals surface area contributed by atoms with Crippen molar-refractivity contribution in [1.29, 1.82) is 0 Å². The van der Waals surface area contributed by atoms with Crippen LogP contribution in [0, 0.1) is 16.0 Å². The van der Waals surface area contributed by atoms with Crippen LogP contribution in [0.2, 0.25) is 0 Å². The monoisotopic (exact) mass is 311 g/mol. The number of likely N-dealkylation sites (tertiary alicyclic amines) is 1. The lowest BCUT2D eigenvalue weighted by Crippen LogP contribution is -2.45. The van der Waals surface area contributed by atoms with Gasteiger partial charge in [-0.05, 0) is 37.8 Å². The lowest BCUT2D eigenvalue weighted by atomic mass is 9.91. The summed E-state index contributed by atoms with van der Waals surface area (Å²) in [6.07, 6.45) is 2.44. The van der Waals surface area contributed by atoms with Crippen LogP contribution in [0.15, 0.2) is 24.3 Å². The maximum absolute atomic E-state index is 10.9. The van der Waals surface area contributed by atoms with Gasteiger partial charge < -0.3 is 5.32 Å². The fraction of sp³-hybridized carbons (Fsp3) is 0.600. The van der Waals surface area contributed by atoms with E-state index in [-0.39, 0.29) is 29.1 Å². The Morgan fingerprint density at radius 3 is 3.00 bits per heavy atom. The number of piperidine rings is 1. The molecule has 2 fully saturated rings. The first-order valence-corrected chi connectivity index (χ1v) is 7.37. The van der Waals surface area contributed by atoms with Crippen molar-refractivity contribution in [2.75, 3.05) is 19.6 Å². The van der Waals surface area contributed by atoms with Crippen LogP contribution < -0.4 is 5.32 Å². The molecule has 3 atom stereocenters. The van der Waals surface area contributed by atoms with E-state index in [0.717, 1.165) is 31.1 Å². The zero-order valence-corrected chi connectivity index (χ0v) is 13.0. The quantitative estimate of drug-likeness (QED) is 0.689. The summed E-state index contributed by atoms with van der Waals surface area (Å²) >= 11 is 0. The molecule has 2 aliphatic rings. The van der Waals surface area contributed by atoms with E-state index in [1.165, 1.54) is 12.8 Å². The zero-order valence-electron chi connectivity index (χ0n) is 12.2. The van der Waals surface area contributed by atoms with Crippen molar-refractivity contribution in [3.63, 3.8) is 0 Å². The molecule has 0 radical (unpaired) electrons. The standard InChI is InChI=1S/C15H21N3O2.ClH/c1-11(12-3-2-4-14(9-12)18(19)20)17-8-6-15-13(10-17)5-7-16-15;/h2-4,9,11,13,15-16H,5-8,10H2,1H3;1H. The Morgan fingerprint density at radius 1 is 1.43 bits per heavy atom. The molecule has 1 aromatic rings. The Labute approximate surface area is 131 Å². The molecule has 1 N–H and O–H groups in total. The lowest BCUT2D eigenvalue weighted by Gasteiger charge is -2.38. The zero-order chi connectivity index (χ0) is 14.1. The smallest absolute Gasteiger partial charge is 0.269 e. The number of benzene rings is 1. The number of halogens is 1. The first-order chi connectivity index (χ1) is 9.65. The van der Waals surface area contributed by atoms with Gasteiger partial charge in [0.25, 0.3) is 5.69 Å². The van der Waals surface area contributed by atoms with E-state index in [9.17, 15) is 10.1 Å². The second-order valence-electron chi connectivity index (χ2n) is 5.92. The Hall–Kier alpha value is -1.17. The number of non-ortho nitro benzene ring substituents is 1. The first-order valence-electron chi connectivity index (χ1n) is 7.37. The molecule has 2 saturated heterocycles. The highest BCUT2D eigenvalue weighted by atomic mass is 35.5. The third kappa shape index (κ3) is 3.36. The Morgan fingerprint density at radius 2 is 2.24 bits per heavy atom. The van der Waals surface area contributed by atoms with Crippen molar-refractivity contribution >= 4 is 18.1 Å². The van der Waals surface area contributed by atoms with Gasteiger partial charge in [0.05, 0.1) is 4.92 Å². The minimum atomic E-state index is -0.316. The van der Waals surface area contributed by atoms with E-state index in [4.69, 9.17) is 0 Å². The number of nitro groups is 1. The number of hydrogen-bond donors (Lipinski definition) is 1. The highest BCUT2D eigenvalue weighted by molar-refractivity contribution is 5.85. The average molecular weight is 312 g/mol. The summed E-state index contributed by atoms with van der Waals surface area (Å²) in [6, 6.07) is 7.98. The van der Waals surface area contributed by atoms with Crippen molar-refractivity contribution < 1.29 is 4.92 Å². The summed E-state index contributed by atoms with van der Waals surface area (Å²) in [7, 11) is 0. The highest BCUT2D eigenvalue weighted by Crippen LogP contribution is 2.31. The Balaban J connectivity index is 0.00000161. The van der Waals surface area contributed by atoms with Crippen LogP contribution in [0.4, 0.5) is 5.69 Å². The molecule has 21 heavy (non-hydrogen) atoms. The van der Waals surface area contributed by atoms with Crippen LogP contribution in [-0.2, 0) is 0 Å². The molecule has 0 amide bonds. The van der Waals surface area contributed by atoms with Gasteiger partial charge >= 0.3 is 0 Å². The number of nitrogens with one attached hydrogen (secondary N) is 1. The Bertz CT molecular complexity index is 511. The molecule has 2 heterocycles. The molecular formula is C15H22ClN3O2. The van der Waals surface area contributed by atoms with E-state index in [0.29, 0.717) is 6.04 Å². The van der Waals surface area contributed by atoms with Crippen LogP contribution in [0.1, 0.15) is 31.4 Å². The largest absolute Gasteiger partial charge is 0.314 e. The van der Waals surface area contributed by atoms with Crippen molar-refractivity contribution in [2.24, 2.45) is 5.92 Å². The summed E-state index contributed by atoms with van der Waals surface area (Å²) < 4.78 is 0. The number of nitrogens with zero attached hydrogens (tertiary/aromatic N) is 2. The van der Waals surface area contributed by atoms with Crippen LogP contribution in [0.5, 0.6) is 0 Å². The molecule has 3 unspecified atom stereocenters. The molecule has 0 spiro atoms. The van der Waals surface area contributed by atoms with Crippen molar-refractivity contribution in [1.82, 2.24) is 10.2 Å². The molecule has 0 aromatic heterocycles. The van der Waals surface area contributed by atoms with Crippen LogP contribution in [-0.4, -0.2) is 35.5 Å². The third-order valence-corrected chi connectivity index (χ3v) is 4.80. The van der Waals surface area contributed by atoms with Gasteiger partial charge in [0.1, 0.15) is 0 Å². The second kappa shape index (κ2) is 6.73. The minimum Gasteiger partial charge on any atom is -0.314 e. The van der Waals surface area contributed by atoms with E-state index in [1.54, 1.807) is 18.2 Å². The normalized spacial score (nSPS) is 26.7. The number of rotatable bonds is 3. The van der Waals surface area contributed by atoms with Gasteiger partial charge in [-0.25, -0.2) is 0 Å². The molecule has 6 heteroatoms. The Kier molecular flexibility index (Phi) is 5.19. The van der Waals surface area contributed by atoms with Crippen molar-refractivity contribution in [3.8, 4) is 0 Å². The van der Waals surface area contributed by atoms with E-state index < -0.39 is 0 Å². The molecule has 2 aliphatic heterocycles. The SMILES string of the molecule is CC(c1cccc([N+](=O)[O-])c1)N1CCC2NCCC2C1.Cl. The van der Waals surface area contributed by atoms with Gasteiger partial charge in [0.2, 0.25) is 0 Å². The van der Waals surface area contributed by atoms with Crippen LogP contribution in [0.3, 0.4) is 0 Å². The fourth-order valence-corrected chi connectivity index (χ4v) is 3.54. The predicted molar refractivity (Wildman–Crippen MR) is 84.8 cm³/mol. The summed E-state index contributed by atoms with van der Waals surface area (Å²) in [5.74, 6) is 0.741. The summed E-state index contributed by atoms with van der Waals surface area (Å²) in [5, 5.41) is 14.5. The molecule has 0 aliphatic carbocycles. The molecule has 0 saturated carbocycles. The van der Waals surface area contributed by atoms with Crippen LogP contribution >= 0.6 is 12.4 Å². The molecule has 1 aromatic carbocycles. The van der Waals surface area contributed by atoms with Crippen LogP contribution in [0.25, 0.3) is 0 Å². The summed E-state index contributed by atoms with van der Waals surface area (Å²) in [5.41, 5.74) is 1.23. The fourth-order valence-electron chi connectivity index (χ4n) is 3.54. The average Bonchev–Trinajstić information content (AvgIpc) is 2.94. The molecule has 0 bridgehead atoms. The van der Waals surface area contributed by atoms with Crippen molar-refractivity contribution in [3.05, 3.63) is 39.9 Å². The van der Waals surface area contributed by atoms with Gasteiger partial charge in [-0.1, -0.05) is 12.1 Å². The summed E-state index contributed by atoms with van der Waals surface area (Å²) in [6.45, 7) is 5.45. The predicted octanol–water partition coefficient (Wildman–Crippen LogP) is 2.76. The lowest BCUT2D eigenvalue weighted by molar-refractivity contribution is -0.385. The van der Waals surface area contributed by atoms with Gasteiger partial charge in [-0.2, -0.15) is 0 Å². The maximum atomic E-state index is 10.9. The molecule has 3 rings (SSSR count). The van der Waals surface area contributed by atoms with Gasteiger partial charge in [0.15, 0.2) is 0 Å². The molecule has 116 valence electrons. The molecule has 5 nitrogen and oxygen atoms in total. The van der Waals surface area contributed by atoms with E-state index in [1.807, 2.05) is 6.07 Å². The highest BCUT2D eigenvalue weighted by Gasteiger charge is 2.34. The van der Waals surface area contributed by atoms with Gasteiger partial charge in [-0.15, -0.1) is 12.4 Å². The third-order valence-electron chi connectivity index (χ3n) is 4.80. The van der Waals surface area contributed by atoms with Gasteiger partial charge in [-0.3, -0.25) is 15.0 Å². The van der Waals surface area contributed by atoms with Gasteiger partial charge in [0, 0.05) is 37.3 Å². The van der Waals surface area contributed by atoms with Crippen molar-refractivity contribution in [2.45, 2.75) is 31.8 Å².